The van der Waals surface area contributed by atoms with Crippen LogP contribution in [-0.2, 0) is 0 Å². The Morgan fingerprint density at radius 2 is 1.96 bits per heavy atom. The van der Waals surface area contributed by atoms with Crippen LogP contribution in [0.15, 0.2) is 42.5 Å². The van der Waals surface area contributed by atoms with E-state index in [1.54, 1.807) is 37.5 Å². The molecule has 0 saturated heterocycles. The van der Waals surface area contributed by atoms with Gasteiger partial charge in [-0.05, 0) is 49.8 Å². The highest BCUT2D eigenvalue weighted by Crippen LogP contribution is 2.28. The van der Waals surface area contributed by atoms with Crippen LogP contribution < -0.4 is 9.47 Å². The third-order valence-corrected chi connectivity index (χ3v) is 3.33. The van der Waals surface area contributed by atoms with Crippen molar-refractivity contribution in [3.05, 3.63) is 59.2 Å². The van der Waals surface area contributed by atoms with Gasteiger partial charge in [0, 0.05) is 0 Å². The van der Waals surface area contributed by atoms with Gasteiger partial charge in [0.2, 0.25) is 0 Å². The first kappa shape index (κ1) is 16.6. The van der Waals surface area contributed by atoms with E-state index in [9.17, 15) is 9.90 Å². The molecule has 2 aromatic carbocycles. The van der Waals surface area contributed by atoms with E-state index in [4.69, 9.17) is 9.47 Å². The number of ether oxygens (including phenoxy) is 2. The highest BCUT2D eigenvalue weighted by molar-refractivity contribution is 6.08. The van der Waals surface area contributed by atoms with Gasteiger partial charge in [-0.15, -0.1) is 0 Å². The van der Waals surface area contributed by atoms with E-state index in [2.05, 4.69) is 0 Å². The van der Waals surface area contributed by atoms with E-state index in [1.165, 1.54) is 12.1 Å². The predicted molar refractivity (Wildman–Crippen MR) is 90.4 cm³/mol. The summed E-state index contributed by atoms with van der Waals surface area (Å²) in [6.45, 7) is 4.33. The molecule has 0 saturated carbocycles. The minimum Gasteiger partial charge on any atom is -0.507 e. The maximum absolute atomic E-state index is 12.2. The second-order valence-corrected chi connectivity index (χ2v) is 5.06. The van der Waals surface area contributed by atoms with Crippen LogP contribution in [-0.4, -0.2) is 24.6 Å². The van der Waals surface area contributed by atoms with Crippen LogP contribution in [0.4, 0.5) is 0 Å². The van der Waals surface area contributed by atoms with Crippen LogP contribution in [0.5, 0.6) is 17.2 Å². The van der Waals surface area contributed by atoms with Crippen LogP contribution in [0.25, 0.3) is 6.08 Å². The number of methoxy groups -OCH3 is 1. The third kappa shape index (κ3) is 4.13. The van der Waals surface area contributed by atoms with E-state index in [1.807, 2.05) is 19.9 Å². The van der Waals surface area contributed by atoms with Gasteiger partial charge in [0.15, 0.2) is 17.3 Å². The van der Waals surface area contributed by atoms with Crippen molar-refractivity contribution < 1.29 is 19.4 Å². The molecular formula is C19H20O4. The van der Waals surface area contributed by atoms with E-state index in [-0.39, 0.29) is 11.5 Å². The van der Waals surface area contributed by atoms with Crippen LogP contribution in [0.3, 0.4) is 0 Å². The first-order valence-electron chi connectivity index (χ1n) is 7.38. The molecular weight excluding hydrogens is 292 g/mol. The number of aromatic hydroxyl groups is 1. The molecule has 4 heteroatoms. The highest BCUT2D eigenvalue weighted by Gasteiger charge is 2.09. The normalized spacial score (nSPS) is 10.7. The van der Waals surface area contributed by atoms with Crippen molar-refractivity contribution in [2.45, 2.75) is 13.8 Å². The summed E-state index contributed by atoms with van der Waals surface area (Å²) in [5.74, 6) is 1.00. The molecule has 0 aliphatic rings. The SMILES string of the molecule is CCOc1ccc(/C=C/C(=O)c2cc(C)ccc2O)cc1OC. The summed E-state index contributed by atoms with van der Waals surface area (Å²) in [7, 11) is 1.57. The third-order valence-electron chi connectivity index (χ3n) is 3.33. The molecule has 0 aromatic heterocycles. The molecule has 0 atom stereocenters. The number of carbonyl (C=O) groups excluding carboxylic acids is 1. The Bertz CT molecular complexity index is 732. The minimum absolute atomic E-state index is 0.0190. The predicted octanol–water partition coefficient (Wildman–Crippen LogP) is 4.00. The average Bonchev–Trinajstić information content (AvgIpc) is 2.56. The molecule has 0 radical (unpaired) electrons. The lowest BCUT2D eigenvalue weighted by Crippen LogP contribution is -1.96. The van der Waals surface area contributed by atoms with Crippen molar-refractivity contribution in [2.75, 3.05) is 13.7 Å². The topological polar surface area (TPSA) is 55.8 Å². The average molecular weight is 312 g/mol. The van der Waals surface area contributed by atoms with Crippen LogP contribution >= 0.6 is 0 Å². The summed E-state index contributed by atoms with van der Waals surface area (Å²) < 4.78 is 10.7. The number of rotatable bonds is 6. The van der Waals surface area contributed by atoms with Crippen molar-refractivity contribution in [2.24, 2.45) is 0 Å². The molecule has 2 rings (SSSR count). The van der Waals surface area contributed by atoms with E-state index in [0.29, 0.717) is 23.7 Å². The van der Waals surface area contributed by atoms with Gasteiger partial charge in [-0.2, -0.15) is 0 Å². The fourth-order valence-electron chi connectivity index (χ4n) is 2.17. The van der Waals surface area contributed by atoms with Crippen LogP contribution in [0.1, 0.15) is 28.4 Å². The molecule has 0 bridgehead atoms. The molecule has 120 valence electrons. The number of hydrogen-bond acceptors (Lipinski definition) is 4. The molecule has 23 heavy (non-hydrogen) atoms. The Labute approximate surface area is 136 Å². The summed E-state index contributed by atoms with van der Waals surface area (Å²) in [6, 6.07) is 10.4. The minimum atomic E-state index is -0.251. The number of allylic oxidation sites excluding steroid dienone is 1. The monoisotopic (exact) mass is 312 g/mol. The fraction of sp³-hybridized carbons (Fsp3) is 0.211. The Balaban J connectivity index is 2.22. The summed E-state index contributed by atoms with van der Waals surface area (Å²) in [5, 5.41) is 9.79. The summed E-state index contributed by atoms with van der Waals surface area (Å²) >= 11 is 0. The summed E-state index contributed by atoms with van der Waals surface area (Å²) in [6.07, 6.45) is 3.12. The number of phenolic OH excluding ortho intramolecular Hbond substituents is 1. The molecule has 0 aliphatic heterocycles. The first-order chi connectivity index (χ1) is 11.0. The molecule has 0 unspecified atom stereocenters. The molecule has 0 heterocycles. The second kappa shape index (κ2) is 7.49. The van der Waals surface area contributed by atoms with Crippen molar-refractivity contribution in [1.82, 2.24) is 0 Å². The van der Waals surface area contributed by atoms with Crippen LogP contribution in [0.2, 0.25) is 0 Å². The zero-order valence-electron chi connectivity index (χ0n) is 13.5. The lowest BCUT2D eigenvalue weighted by atomic mass is 10.1. The van der Waals surface area contributed by atoms with Gasteiger partial charge in [0.25, 0.3) is 0 Å². The number of phenols is 1. The number of carbonyl (C=O) groups is 1. The largest absolute Gasteiger partial charge is 0.507 e. The molecule has 0 spiro atoms. The lowest BCUT2D eigenvalue weighted by Gasteiger charge is -2.09. The van der Waals surface area contributed by atoms with E-state index < -0.39 is 0 Å². The maximum atomic E-state index is 12.2. The lowest BCUT2D eigenvalue weighted by molar-refractivity contribution is 0.104. The summed E-state index contributed by atoms with van der Waals surface area (Å²) in [5.41, 5.74) is 2.02. The Kier molecular flexibility index (Phi) is 5.41. The second-order valence-electron chi connectivity index (χ2n) is 5.06. The van der Waals surface area contributed by atoms with Gasteiger partial charge in [-0.1, -0.05) is 23.8 Å². The molecule has 2 aromatic rings. The standard InChI is InChI=1S/C19H20O4/c1-4-23-18-10-7-14(12-19(18)22-3)6-9-17(21)15-11-13(2)5-8-16(15)20/h5-12,20H,4H2,1-3H3/b9-6+. The van der Waals surface area contributed by atoms with E-state index >= 15 is 0 Å². The Morgan fingerprint density at radius 1 is 1.17 bits per heavy atom. The number of benzene rings is 2. The number of hydrogen-bond donors (Lipinski definition) is 1. The zero-order chi connectivity index (χ0) is 16.8. The van der Waals surface area contributed by atoms with Gasteiger partial charge in [-0.3, -0.25) is 4.79 Å². The summed E-state index contributed by atoms with van der Waals surface area (Å²) in [4.78, 5) is 12.2. The Morgan fingerprint density at radius 3 is 2.65 bits per heavy atom. The quantitative estimate of drug-likeness (QED) is 0.647. The van der Waals surface area contributed by atoms with E-state index in [0.717, 1.165) is 11.1 Å². The van der Waals surface area contributed by atoms with Crippen LogP contribution in [0, 0.1) is 6.92 Å². The van der Waals surface area contributed by atoms with Gasteiger partial charge in [-0.25, -0.2) is 0 Å². The zero-order valence-corrected chi connectivity index (χ0v) is 13.5. The Hall–Kier alpha value is -2.75. The fourth-order valence-corrected chi connectivity index (χ4v) is 2.17. The molecule has 0 amide bonds. The molecule has 1 N–H and O–H groups in total. The van der Waals surface area contributed by atoms with Gasteiger partial charge < -0.3 is 14.6 Å². The van der Waals surface area contributed by atoms with Gasteiger partial charge >= 0.3 is 0 Å². The number of ketones is 1. The molecule has 0 aliphatic carbocycles. The van der Waals surface area contributed by atoms with Gasteiger partial charge in [0.1, 0.15) is 5.75 Å². The number of aryl methyl sites for hydroxylation is 1. The molecule has 4 nitrogen and oxygen atoms in total. The highest BCUT2D eigenvalue weighted by atomic mass is 16.5. The van der Waals surface area contributed by atoms with Gasteiger partial charge in [0.05, 0.1) is 19.3 Å². The van der Waals surface area contributed by atoms with Crippen molar-refractivity contribution in [3.8, 4) is 17.2 Å². The van der Waals surface area contributed by atoms with Crippen molar-refractivity contribution in [3.63, 3.8) is 0 Å². The van der Waals surface area contributed by atoms with Crippen molar-refractivity contribution >= 4 is 11.9 Å². The smallest absolute Gasteiger partial charge is 0.189 e. The molecule has 0 fully saturated rings. The maximum Gasteiger partial charge on any atom is 0.189 e. The first-order valence-corrected chi connectivity index (χ1v) is 7.38. The van der Waals surface area contributed by atoms with Crippen molar-refractivity contribution in [1.29, 1.82) is 0 Å².